The fraction of sp³-hybridized carbons (Fsp3) is 0.125. The van der Waals surface area contributed by atoms with Gasteiger partial charge in [-0.25, -0.2) is 4.79 Å². The largest absolute Gasteiger partial charge is 0.478 e. The number of carbonyl (C=O) groups is 1. The molecule has 1 atom stereocenters. The predicted octanol–water partition coefficient (Wildman–Crippen LogP) is 1.59. The van der Waals surface area contributed by atoms with Gasteiger partial charge in [-0.2, -0.15) is 0 Å². The number of aliphatic carboxylic acids is 1. The summed E-state index contributed by atoms with van der Waals surface area (Å²) in [6.45, 7) is 0. The molecule has 1 heterocycles. The molecule has 13 heavy (non-hydrogen) atoms. The summed E-state index contributed by atoms with van der Waals surface area (Å²) in [4.78, 5) is 10.6. The molecule has 0 saturated heterocycles. The number of halogens is 1. The average molecular weight is 199 g/mol. The van der Waals surface area contributed by atoms with Crippen molar-refractivity contribution in [1.82, 2.24) is 0 Å². The third-order valence-electron chi connectivity index (χ3n) is 1.83. The number of anilines is 2. The fourth-order valence-corrected chi connectivity index (χ4v) is 1.40. The third kappa shape index (κ3) is 1.40. The standard InChI is InChI=1S/C8H7ClN2O2/c9-4-1-2-5-6(3-4)11-7(10-5)8(12)13/h1-3,7,10-11H,(H,12,13). The smallest absolute Gasteiger partial charge is 0.347 e. The van der Waals surface area contributed by atoms with Crippen molar-refractivity contribution in [2.24, 2.45) is 0 Å². The topological polar surface area (TPSA) is 61.4 Å². The summed E-state index contributed by atoms with van der Waals surface area (Å²) in [6, 6.07) is 5.14. The summed E-state index contributed by atoms with van der Waals surface area (Å²) in [5.74, 6) is -0.938. The number of benzene rings is 1. The van der Waals surface area contributed by atoms with Gasteiger partial charge in [0.1, 0.15) is 0 Å². The Labute approximate surface area is 79.5 Å². The number of hydrogen-bond donors (Lipinski definition) is 3. The molecule has 0 radical (unpaired) electrons. The second-order valence-corrected chi connectivity index (χ2v) is 3.19. The maximum atomic E-state index is 10.6. The minimum Gasteiger partial charge on any atom is -0.478 e. The third-order valence-corrected chi connectivity index (χ3v) is 2.06. The van der Waals surface area contributed by atoms with Crippen LogP contribution in [0.4, 0.5) is 11.4 Å². The number of carboxylic acid groups (broad SMARTS) is 1. The molecule has 2 rings (SSSR count). The Hall–Kier alpha value is -1.42. The van der Waals surface area contributed by atoms with E-state index in [0.29, 0.717) is 5.02 Å². The highest BCUT2D eigenvalue weighted by atomic mass is 35.5. The lowest BCUT2D eigenvalue weighted by Gasteiger charge is -2.04. The van der Waals surface area contributed by atoms with Crippen molar-refractivity contribution < 1.29 is 9.90 Å². The van der Waals surface area contributed by atoms with Crippen LogP contribution in [0.1, 0.15) is 0 Å². The van der Waals surface area contributed by atoms with Gasteiger partial charge in [0.25, 0.3) is 0 Å². The number of nitrogens with one attached hydrogen (secondary N) is 2. The molecule has 5 heteroatoms. The summed E-state index contributed by atoms with van der Waals surface area (Å²) in [6.07, 6.45) is -0.756. The van der Waals surface area contributed by atoms with Crippen molar-refractivity contribution in [2.45, 2.75) is 6.17 Å². The van der Waals surface area contributed by atoms with Crippen LogP contribution in [0.2, 0.25) is 5.02 Å². The first-order valence-electron chi connectivity index (χ1n) is 3.72. The van der Waals surface area contributed by atoms with Gasteiger partial charge in [-0.1, -0.05) is 11.6 Å². The minimum atomic E-state index is -0.938. The average Bonchev–Trinajstić information content (AvgIpc) is 2.46. The molecule has 1 aliphatic rings. The molecule has 1 unspecified atom stereocenters. The number of carboxylic acids is 1. The molecule has 1 aromatic carbocycles. The molecule has 1 aromatic rings. The van der Waals surface area contributed by atoms with E-state index >= 15 is 0 Å². The highest BCUT2D eigenvalue weighted by Crippen LogP contribution is 2.31. The quantitative estimate of drug-likeness (QED) is 0.641. The summed E-state index contributed by atoms with van der Waals surface area (Å²) in [7, 11) is 0. The first kappa shape index (κ1) is 8.19. The van der Waals surface area contributed by atoms with Gasteiger partial charge in [-0.3, -0.25) is 0 Å². The highest BCUT2D eigenvalue weighted by Gasteiger charge is 2.24. The molecule has 0 spiro atoms. The van der Waals surface area contributed by atoms with Crippen LogP contribution in [0.3, 0.4) is 0 Å². The van der Waals surface area contributed by atoms with Gasteiger partial charge in [-0.05, 0) is 18.2 Å². The van der Waals surface area contributed by atoms with Crippen molar-refractivity contribution in [2.75, 3.05) is 10.6 Å². The van der Waals surface area contributed by atoms with Crippen LogP contribution in [0.25, 0.3) is 0 Å². The van der Waals surface area contributed by atoms with E-state index in [-0.39, 0.29) is 0 Å². The van der Waals surface area contributed by atoms with E-state index in [4.69, 9.17) is 16.7 Å². The monoisotopic (exact) mass is 198 g/mol. The predicted molar refractivity (Wildman–Crippen MR) is 50.1 cm³/mol. The molecule has 0 bridgehead atoms. The summed E-state index contributed by atoms with van der Waals surface area (Å²) >= 11 is 5.74. The second kappa shape index (κ2) is 2.81. The Morgan fingerprint density at radius 1 is 1.38 bits per heavy atom. The Balaban J connectivity index is 2.30. The lowest BCUT2D eigenvalue weighted by atomic mass is 10.3. The van der Waals surface area contributed by atoms with Gasteiger partial charge >= 0.3 is 5.97 Å². The van der Waals surface area contributed by atoms with Crippen molar-refractivity contribution in [3.8, 4) is 0 Å². The normalized spacial score (nSPS) is 18.7. The van der Waals surface area contributed by atoms with Crippen LogP contribution in [0.15, 0.2) is 18.2 Å². The maximum absolute atomic E-state index is 10.6. The number of rotatable bonds is 1. The van der Waals surface area contributed by atoms with Gasteiger partial charge < -0.3 is 15.7 Å². The van der Waals surface area contributed by atoms with E-state index in [9.17, 15) is 4.79 Å². The summed E-state index contributed by atoms with van der Waals surface area (Å²) in [5.41, 5.74) is 1.48. The molecule has 0 amide bonds. The van der Waals surface area contributed by atoms with Gasteiger partial charge in [0.05, 0.1) is 11.4 Å². The lowest BCUT2D eigenvalue weighted by Crippen LogP contribution is -2.31. The van der Waals surface area contributed by atoms with Crippen LogP contribution in [0.5, 0.6) is 0 Å². The van der Waals surface area contributed by atoms with Crippen molar-refractivity contribution in [1.29, 1.82) is 0 Å². The highest BCUT2D eigenvalue weighted by molar-refractivity contribution is 6.31. The minimum absolute atomic E-state index is 0.582. The van der Waals surface area contributed by atoms with Crippen LogP contribution in [-0.2, 0) is 4.79 Å². The van der Waals surface area contributed by atoms with E-state index in [0.717, 1.165) is 11.4 Å². The first-order chi connectivity index (χ1) is 6.16. The van der Waals surface area contributed by atoms with Crippen molar-refractivity contribution in [3.63, 3.8) is 0 Å². The molecule has 0 aromatic heterocycles. The van der Waals surface area contributed by atoms with Crippen LogP contribution in [0, 0.1) is 0 Å². The van der Waals surface area contributed by atoms with E-state index in [1.807, 2.05) is 0 Å². The van der Waals surface area contributed by atoms with Crippen LogP contribution < -0.4 is 10.6 Å². The second-order valence-electron chi connectivity index (χ2n) is 2.75. The molecule has 4 nitrogen and oxygen atoms in total. The Morgan fingerprint density at radius 3 is 2.77 bits per heavy atom. The Morgan fingerprint density at radius 2 is 2.08 bits per heavy atom. The maximum Gasteiger partial charge on any atom is 0.347 e. The van der Waals surface area contributed by atoms with Crippen molar-refractivity contribution in [3.05, 3.63) is 23.2 Å². The van der Waals surface area contributed by atoms with E-state index < -0.39 is 12.1 Å². The van der Waals surface area contributed by atoms with Crippen molar-refractivity contribution >= 4 is 28.9 Å². The fourth-order valence-electron chi connectivity index (χ4n) is 1.23. The van der Waals surface area contributed by atoms with Crippen LogP contribution >= 0.6 is 11.6 Å². The van der Waals surface area contributed by atoms with Gasteiger partial charge in [0.15, 0.2) is 6.17 Å². The van der Waals surface area contributed by atoms with Gasteiger partial charge in [0.2, 0.25) is 0 Å². The van der Waals surface area contributed by atoms with Crippen LogP contribution in [-0.4, -0.2) is 17.2 Å². The molecule has 1 aliphatic heterocycles. The Bertz CT molecular complexity index is 367. The van der Waals surface area contributed by atoms with E-state index in [1.165, 1.54) is 0 Å². The summed E-state index contributed by atoms with van der Waals surface area (Å²) in [5, 5.41) is 14.9. The lowest BCUT2D eigenvalue weighted by molar-refractivity contribution is -0.137. The number of fused-ring (bicyclic) bond motifs is 1. The molecule has 3 N–H and O–H groups in total. The number of hydrogen-bond acceptors (Lipinski definition) is 3. The molecule has 0 aliphatic carbocycles. The first-order valence-corrected chi connectivity index (χ1v) is 4.10. The zero-order chi connectivity index (χ0) is 9.42. The molecule has 0 saturated carbocycles. The summed E-state index contributed by atoms with van der Waals surface area (Å²) < 4.78 is 0. The zero-order valence-electron chi connectivity index (χ0n) is 6.54. The zero-order valence-corrected chi connectivity index (χ0v) is 7.30. The molecular formula is C8H7ClN2O2. The van der Waals surface area contributed by atoms with Gasteiger partial charge in [0, 0.05) is 5.02 Å². The molecule has 68 valence electrons. The SMILES string of the molecule is O=C(O)C1Nc2ccc(Cl)cc2N1. The van der Waals surface area contributed by atoms with E-state index in [2.05, 4.69) is 10.6 Å². The molecule has 0 fully saturated rings. The van der Waals surface area contributed by atoms with Gasteiger partial charge in [-0.15, -0.1) is 0 Å². The van der Waals surface area contributed by atoms with E-state index in [1.54, 1.807) is 18.2 Å². The molecular weight excluding hydrogens is 192 g/mol. The Kier molecular flexibility index (Phi) is 1.77.